The van der Waals surface area contributed by atoms with Gasteiger partial charge >= 0.3 is 6.03 Å². The maximum absolute atomic E-state index is 13.7. The van der Waals surface area contributed by atoms with Crippen LogP contribution in [0.4, 0.5) is 4.79 Å². The maximum atomic E-state index is 13.7. The van der Waals surface area contributed by atoms with Gasteiger partial charge in [0.25, 0.3) is 11.8 Å². The second-order valence-electron chi connectivity index (χ2n) is 8.32. The minimum Gasteiger partial charge on any atom is -0.293 e. The molecular weight excluding hydrogens is 511 g/mol. The highest BCUT2D eigenvalue weighted by atomic mass is 35.5. The molecule has 0 aliphatic carbocycles. The van der Waals surface area contributed by atoms with Crippen LogP contribution in [0.5, 0.6) is 0 Å². The molecule has 0 N–H and O–H groups in total. The molecule has 0 spiro atoms. The molecule has 1 heterocycles. The van der Waals surface area contributed by atoms with Gasteiger partial charge in [0.15, 0.2) is 5.41 Å². The average molecular weight is 552 g/mol. The van der Waals surface area contributed by atoms with Crippen LogP contribution >= 0.6 is 24.8 Å². The summed E-state index contributed by atoms with van der Waals surface area (Å²) in [4.78, 5) is 47.3. The molecule has 1 aromatic carbocycles. The van der Waals surface area contributed by atoms with Crippen molar-refractivity contribution in [2.75, 3.05) is 52.4 Å². The quantitative estimate of drug-likeness (QED) is 0.328. The number of hydrogen-bond acceptors (Lipinski definition) is 5. The molecule has 0 bridgehead atoms. The Hall–Kier alpha value is -2.55. The monoisotopic (exact) mass is 550 g/mol. The Morgan fingerprint density at radius 2 is 1.08 bits per heavy atom. The van der Waals surface area contributed by atoms with E-state index >= 15 is 0 Å². The van der Waals surface area contributed by atoms with Gasteiger partial charge in [-0.15, -0.1) is 24.8 Å². The van der Waals surface area contributed by atoms with Gasteiger partial charge in [-0.1, -0.05) is 88.6 Å². The number of barbiturate groups is 1. The summed E-state index contributed by atoms with van der Waals surface area (Å²) >= 11 is 0. The molecule has 9 heteroatoms. The van der Waals surface area contributed by atoms with Crippen LogP contribution in [0.3, 0.4) is 0 Å². The van der Waals surface area contributed by atoms with Crippen LogP contribution in [0.1, 0.15) is 46.6 Å². The van der Waals surface area contributed by atoms with E-state index in [1.807, 2.05) is 6.07 Å². The van der Waals surface area contributed by atoms with Gasteiger partial charge in [0.2, 0.25) is 0 Å². The highest BCUT2D eigenvalue weighted by Crippen LogP contribution is 2.36. The van der Waals surface area contributed by atoms with Crippen molar-refractivity contribution in [1.29, 1.82) is 0 Å². The molecule has 7 nitrogen and oxygen atoms in total. The van der Waals surface area contributed by atoms with Crippen LogP contribution < -0.4 is 0 Å². The molecule has 37 heavy (non-hydrogen) atoms. The molecule has 4 amide bonds. The third-order valence-electron chi connectivity index (χ3n) is 6.60. The SMILES string of the molecule is CCN(CC)CC#CCN1C(=O)N(CC#CCN(CC)CC)C(=O)C(CC)(c2ccccc2)C1=O.Cl.Cl. The third-order valence-corrected chi connectivity index (χ3v) is 6.60. The normalized spacial score (nSPS) is 14.4. The first-order chi connectivity index (χ1) is 16.9. The number of nitrogens with zero attached hydrogens (tertiary/aromatic N) is 4. The van der Waals surface area contributed by atoms with Crippen LogP contribution in [0.25, 0.3) is 0 Å². The number of urea groups is 1. The fraction of sp³-hybridized carbons (Fsp3) is 0.536. The second kappa shape index (κ2) is 17.1. The highest BCUT2D eigenvalue weighted by Gasteiger charge is 2.57. The molecule has 1 fully saturated rings. The number of imide groups is 2. The molecule has 204 valence electrons. The van der Waals surface area contributed by atoms with Gasteiger partial charge in [0, 0.05) is 0 Å². The van der Waals surface area contributed by atoms with Gasteiger partial charge in [-0.2, -0.15) is 0 Å². The van der Waals surface area contributed by atoms with Gasteiger partial charge in [0.05, 0.1) is 26.2 Å². The molecule has 0 unspecified atom stereocenters. The van der Waals surface area contributed by atoms with Crippen molar-refractivity contribution >= 4 is 42.7 Å². The molecule has 1 aromatic rings. The Morgan fingerprint density at radius 3 is 1.43 bits per heavy atom. The molecule has 0 radical (unpaired) electrons. The van der Waals surface area contributed by atoms with Gasteiger partial charge in [-0.05, 0) is 38.2 Å². The molecular formula is C28H40Cl2N4O3. The number of benzene rings is 1. The van der Waals surface area contributed by atoms with E-state index in [0.717, 1.165) is 36.0 Å². The summed E-state index contributed by atoms with van der Waals surface area (Å²) < 4.78 is 0. The van der Waals surface area contributed by atoms with Crippen molar-refractivity contribution < 1.29 is 14.4 Å². The zero-order valence-corrected chi connectivity index (χ0v) is 24.2. The standard InChI is InChI=1S/C28H38N4O3.2ClH/c1-6-28(24-18-12-11-13-19-24)25(33)31(22-16-14-20-29(7-2)8-3)27(35)32(26(28)34)23-17-15-21-30(9-4)10-5;;/h11-13,18-19H,6-10,20-23H2,1-5H3;2*1H. The zero-order valence-electron chi connectivity index (χ0n) is 22.6. The number of rotatable bonds is 10. The summed E-state index contributed by atoms with van der Waals surface area (Å²) in [6.45, 7) is 14.5. The highest BCUT2D eigenvalue weighted by molar-refractivity contribution is 6.23. The van der Waals surface area contributed by atoms with E-state index in [1.165, 1.54) is 0 Å². The molecule has 1 aliphatic rings. The second-order valence-corrected chi connectivity index (χ2v) is 8.32. The van der Waals surface area contributed by atoms with E-state index in [1.54, 1.807) is 31.2 Å². The minimum atomic E-state index is -1.48. The van der Waals surface area contributed by atoms with Gasteiger partial charge in [0.1, 0.15) is 0 Å². The van der Waals surface area contributed by atoms with Gasteiger partial charge < -0.3 is 0 Å². The maximum Gasteiger partial charge on any atom is 0.335 e. The van der Waals surface area contributed by atoms with Crippen molar-refractivity contribution in [3.05, 3.63) is 35.9 Å². The van der Waals surface area contributed by atoms with Crippen molar-refractivity contribution in [2.24, 2.45) is 0 Å². The summed E-state index contributed by atoms with van der Waals surface area (Å²) in [6, 6.07) is 8.31. The average Bonchev–Trinajstić information content (AvgIpc) is 2.89. The number of carbonyl (C=O) groups excluding carboxylic acids is 3. The molecule has 1 aliphatic heterocycles. The largest absolute Gasteiger partial charge is 0.335 e. The fourth-order valence-electron chi connectivity index (χ4n) is 4.13. The lowest BCUT2D eigenvalue weighted by Gasteiger charge is -2.43. The first-order valence-corrected chi connectivity index (χ1v) is 12.5. The first-order valence-electron chi connectivity index (χ1n) is 12.5. The van der Waals surface area contributed by atoms with Crippen LogP contribution in [0.15, 0.2) is 30.3 Å². The van der Waals surface area contributed by atoms with Gasteiger partial charge in [-0.25, -0.2) is 4.79 Å². The van der Waals surface area contributed by atoms with E-state index in [0.29, 0.717) is 18.7 Å². The lowest BCUT2D eigenvalue weighted by Crippen LogP contribution is -2.67. The number of hydrogen-bond donors (Lipinski definition) is 0. The third kappa shape index (κ3) is 7.97. The molecule has 0 saturated carbocycles. The summed E-state index contributed by atoms with van der Waals surface area (Å²) in [7, 11) is 0. The van der Waals surface area contributed by atoms with Crippen LogP contribution in [0.2, 0.25) is 0 Å². The number of carbonyl (C=O) groups is 3. The van der Waals surface area contributed by atoms with Crippen LogP contribution in [-0.4, -0.2) is 89.8 Å². The predicted octanol–water partition coefficient (Wildman–Crippen LogP) is 3.66. The van der Waals surface area contributed by atoms with E-state index in [-0.39, 0.29) is 44.3 Å². The molecule has 2 rings (SSSR count). The number of halogens is 2. The lowest BCUT2D eigenvalue weighted by molar-refractivity contribution is -0.151. The van der Waals surface area contributed by atoms with Crippen LogP contribution in [0, 0.1) is 23.7 Å². The van der Waals surface area contributed by atoms with Crippen molar-refractivity contribution in [3.8, 4) is 23.7 Å². The summed E-state index contributed by atoms with van der Waals surface area (Å²) in [6.07, 6.45) is 0.231. The smallest absolute Gasteiger partial charge is 0.293 e. The minimum absolute atomic E-state index is 0. The zero-order chi connectivity index (χ0) is 25.8. The van der Waals surface area contributed by atoms with Crippen molar-refractivity contribution in [3.63, 3.8) is 0 Å². The number of amides is 4. The van der Waals surface area contributed by atoms with Gasteiger partial charge in [-0.3, -0.25) is 29.2 Å². The summed E-state index contributed by atoms with van der Waals surface area (Å²) in [5.41, 5.74) is -0.900. The Bertz CT molecular complexity index is 947. The summed E-state index contributed by atoms with van der Waals surface area (Å²) in [5.74, 6) is 11.0. The Kier molecular flexibility index (Phi) is 15.9. The Labute approximate surface area is 234 Å². The topological polar surface area (TPSA) is 64.2 Å². The van der Waals surface area contributed by atoms with E-state index in [9.17, 15) is 14.4 Å². The molecule has 0 atom stereocenters. The van der Waals surface area contributed by atoms with E-state index in [4.69, 9.17) is 0 Å². The Balaban J connectivity index is 0.00000648. The summed E-state index contributed by atoms with van der Waals surface area (Å²) in [5, 5.41) is 0. The first kappa shape index (κ1) is 34.5. The molecule has 1 saturated heterocycles. The predicted molar refractivity (Wildman–Crippen MR) is 153 cm³/mol. The van der Waals surface area contributed by atoms with Crippen molar-refractivity contribution in [1.82, 2.24) is 19.6 Å². The van der Waals surface area contributed by atoms with E-state index in [2.05, 4.69) is 61.2 Å². The van der Waals surface area contributed by atoms with Crippen LogP contribution in [-0.2, 0) is 15.0 Å². The van der Waals surface area contributed by atoms with E-state index < -0.39 is 23.3 Å². The lowest BCUT2D eigenvalue weighted by atomic mass is 9.74. The fourth-order valence-corrected chi connectivity index (χ4v) is 4.13. The molecule has 0 aromatic heterocycles. The Morgan fingerprint density at radius 1 is 0.676 bits per heavy atom. The van der Waals surface area contributed by atoms with Crippen molar-refractivity contribution in [2.45, 2.75) is 46.5 Å².